The fourth-order valence-electron chi connectivity index (χ4n) is 1.65. The van der Waals surface area contributed by atoms with Crippen LogP contribution >= 0.6 is 11.6 Å². The van der Waals surface area contributed by atoms with E-state index in [1.165, 1.54) is 24.3 Å². The van der Waals surface area contributed by atoms with E-state index >= 15 is 0 Å². The number of nitrogens with zero attached hydrogens (tertiary/aromatic N) is 1. The summed E-state index contributed by atoms with van der Waals surface area (Å²) < 4.78 is 5.49. The van der Waals surface area contributed by atoms with Gasteiger partial charge in [0.2, 0.25) is 5.75 Å². The van der Waals surface area contributed by atoms with E-state index in [1.54, 1.807) is 19.1 Å². The number of hydrogen-bond acceptors (Lipinski definition) is 4. The number of aryl methyl sites for hydroxylation is 1. The normalized spacial score (nSPS) is 10.1. The third kappa shape index (κ3) is 2.95. The molecule has 0 atom stereocenters. The summed E-state index contributed by atoms with van der Waals surface area (Å²) in [5, 5.41) is 11.2. The maximum atomic E-state index is 10.9. The zero-order chi connectivity index (χ0) is 14.7. The van der Waals surface area contributed by atoms with Gasteiger partial charge in [-0.15, -0.1) is 0 Å². The molecule has 0 bridgehead atoms. The Kier molecular flexibility index (Phi) is 4.00. The van der Waals surface area contributed by atoms with Gasteiger partial charge < -0.3 is 4.74 Å². The number of halogens is 1. The molecule has 2 aromatic carbocycles. The molecule has 20 heavy (non-hydrogen) atoms. The highest BCUT2D eigenvalue weighted by atomic mass is 35.5. The quantitative estimate of drug-likeness (QED) is 0.482. The average Bonchev–Trinajstić information content (AvgIpc) is 2.38. The van der Waals surface area contributed by atoms with Crippen molar-refractivity contribution in [2.75, 3.05) is 0 Å². The van der Waals surface area contributed by atoms with E-state index < -0.39 is 4.92 Å². The van der Waals surface area contributed by atoms with Crippen LogP contribution in [-0.2, 0) is 0 Å². The van der Waals surface area contributed by atoms with Crippen LogP contribution in [0.3, 0.4) is 0 Å². The minimum atomic E-state index is -0.518. The minimum absolute atomic E-state index is 0.130. The van der Waals surface area contributed by atoms with Gasteiger partial charge in [-0.2, -0.15) is 0 Å². The Morgan fingerprint density at radius 3 is 2.60 bits per heavy atom. The molecule has 5 nitrogen and oxygen atoms in total. The molecule has 2 rings (SSSR count). The van der Waals surface area contributed by atoms with E-state index in [0.29, 0.717) is 17.6 Å². The second-order valence-electron chi connectivity index (χ2n) is 4.13. The van der Waals surface area contributed by atoms with Crippen molar-refractivity contribution in [3.63, 3.8) is 0 Å². The molecule has 0 heterocycles. The lowest BCUT2D eigenvalue weighted by Gasteiger charge is -2.08. The molecule has 6 heteroatoms. The molecular formula is C14H10ClNO4. The second-order valence-corrected chi connectivity index (χ2v) is 4.54. The Balaban J connectivity index is 2.39. The zero-order valence-corrected chi connectivity index (χ0v) is 11.3. The highest BCUT2D eigenvalue weighted by Gasteiger charge is 2.16. The summed E-state index contributed by atoms with van der Waals surface area (Å²) in [6, 6.07) is 9.05. The van der Waals surface area contributed by atoms with Gasteiger partial charge in [0.15, 0.2) is 6.29 Å². The van der Waals surface area contributed by atoms with Gasteiger partial charge in [-0.3, -0.25) is 14.9 Å². The van der Waals surface area contributed by atoms with Gasteiger partial charge in [-0.1, -0.05) is 17.7 Å². The number of benzene rings is 2. The Morgan fingerprint density at radius 1 is 1.25 bits per heavy atom. The zero-order valence-electron chi connectivity index (χ0n) is 10.5. The van der Waals surface area contributed by atoms with Crippen molar-refractivity contribution in [1.29, 1.82) is 0 Å². The van der Waals surface area contributed by atoms with Crippen molar-refractivity contribution >= 4 is 23.6 Å². The first-order valence-corrected chi connectivity index (χ1v) is 6.06. The highest BCUT2D eigenvalue weighted by molar-refractivity contribution is 6.33. The molecule has 0 N–H and O–H groups in total. The van der Waals surface area contributed by atoms with Gasteiger partial charge in [-0.25, -0.2) is 0 Å². The van der Waals surface area contributed by atoms with Gasteiger partial charge in [0.1, 0.15) is 5.75 Å². The van der Waals surface area contributed by atoms with E-state index in [1.807, 2.05) is 0 Å². The molecule has 0 aliphatic heterocycles. The van der Waals surface area contributed by atoms with Crippen LogP contribution < -0.4 is 4.74 Å². The van der Waals surface area contributed by atoms with Gasteiger partial charge >= 0.3 is 5.69 Å². The van der Waals surface area contributed by atoms with Crippen molar-refractivity contribution < 1.29 is 14.5 Å². The summed E-state index contributed by atoms with van der Waals surface area (Å²) >= 11 is 5.88. The molecule has 2 aromatic rings. The van der Waals surface area contributed by atoms with Gasteiger partial charge in [0, 0.05) is 17.7 Å². The van der Waals surface area contributed by atoms with Gasteiger partial charge in [0.05, 0.1) is 9.95 Å². The molecule has 0 saturated heterocycles. The maximum absolute atomic E-state index is 10.9. The summed E-state index contributed by atoms with van der Waals surface area (Å²) in [5.74, 6) is 0.458. The number of rotatable bonds is 4. The van der Waals surface area contributed by atoms with Crippen molar-refractivity contribution in [3.05, 3.63) is 62.7 Å². The van der Waals surface area contributed by atoms with Crippen LogP contribution in [0.1, 0.15) is 15.9 Å². The molecule has 0 aromatic heterocycles. The number of aldehydes is 1. The number of nitro benzene ring substituents is 1. The molecule has 102 valence electrons. The molecule has 0 radical (unpaired) electrons. The van der Waals surface area contributed by atoms with Crippen LogP contribution in [0.2, 0.25) is 5.02 Å². The van der Waals surface area contributed by atoms with E-state index in [4.69, 9.17) is 16.3 Å². The van der Waals surface area contributed by atoms with Crippen LogP contribution in [0.5, 0.6) is 11.5 Å². The summed E-state index contributed by atoms with van der Waals surface area (Å²) in [7, 11) is 0. The Labute approximate surface area is 119 Å². The molecule has 0 unspecified atom stereocenters. The fourth-order valence-corrected chi connectivity index (χ4v) is 1.86. The first-order valence-electron chi connectivity index (χ1n) is 5.69. The molecule has 0 fully saturated rings. The number of carbonyl (C=O) groups is 1. The number of ether oxygens (including phenoxy) is 1. The van der Waals surface area contributed by atoms with Crippen molar-refractivity contribution in [2.24, 2.45) is 0 Å². The number of hydrogen-bond donors (Lipinski definition) is 0. The maximum Gasteiger partial charge on any atom is 0.311 e. The van der Waals surface area contributed by atoms with Crippen molar-refractivity contribution in [1.82, 2.24) is 0 Å². The Hall–Kier alpha value is -2.40. The molecule has 0 saturated carbocycles. The molecule has 0 spiro atoms. The van der Waals surface area contributed by atoms with Gasteiger partial charge in [-0.05, 0) is 30.7 Å². The third-order valence-electron chi connectivity index (χ3n) is 2.64. The Bertz CT molecular complexity index is 685. The predicted octanol–water partition coefficient (Wildman–Crippen LogP) is 4.16. The molecule has 0 aliphatic carbocycles. The van der Waals surface area contributed by atoms with E-state index in [2.05, 4.69) is 0 Å². The van der Waals surface area contributed by atoms with Gasteiger partial charge in [0.25, 0.3) is 0 Å². The SMILES string of the molecule is Cc1ccc([N+](=O)[O-])c(Oc2ccc(C=O)c(Cl)c2)c1. The Morgan fingerprint density at radius 2 is 2.00 bits per heavy atom. The van der Waals surface area contributed by atoms with Crippen molar-refractivity contribution in [2.45, 2.75) is 6.92 Å². The molecular weight excluding hydrogens is 282 g/mol. The van der Waals surface area contributed by atoms with Crippen LogP contribution in [0, 0.1) is 17.0 Å². The monoisotopic (exact) mass is 291 g/mol. The van der Waals surface area contributed by atoms with E-state index in [9.17, 15) is 14.9 Å². The second kappa shape index (κ2) is 5.71. The lowest BCUT2D eigenvalue weighted by Crippen LogP contribution is -1.94. The van der Waals surface area contributed by atoms with Crippen LogP contribution in [-0.4, -0.2) is 11.2 Å². The van der Waals surface area contributed by atoms with Crippen LogP contribution in [0.15, 0.2) is 36.4 Å². The average molecular weight is 292 g/mol. The largest absolute Gasteiger partial charge is 0.450 e. The summed E-state index contributed by atoms with van der Waals surface area (Å²) in [6.45, 7) is 1.80. The number of nitro groups is 1. The van der Waals surface area contributed by atoms with Crippen LogP contribution in [0.4, 0.5) is 5.69 Å². The van der Waals surface area contributed by atoms with Crippen molar-refractivity contribution in [3.8, 4) is 11.5 Å². The first-order chi connectivity index (χ1) is 9.51. The van der Waals surface area contributed by atoms with E-state index in [0.717, 1.165) is 5.56 Å². The summed E-state index contributed by atoms with van der Waals surface area (Å²) in [6.07, 6.45) is 0.626. The predicted molar refractivity (Wildman–Crippen MR) is 74.7 cm³/mol. The third-order valence-corrected chi connectivity index (χ3v) is 2.97. The van der Waals surface area contributed by atoms with Crippen LogP contribution in [0.25, 0.3) is 0 Å². The minimum Gasteiger partial charge on any atom is -0.450 e. The lowest BCUT2D eigenvalue weighted by molar-refractivity contribution is -0.385. The first kappa shape index (κ1) is 14.0. The highest BCUT2D eigenvalue weighted by Crippen LogP contribution is 2.33. The summed E-state index contributed by atoms with van der Waals surface area (Å²) in [5.41, 5.74) is 1.03. The standard InChI is InChI=1S/C14H10ClNO4/c1-9-2-5-13(16(18)19)14(6-9)20-11-4-3-10(8-17)12(15)7-11/h2-8H,1H3. The fraction of sp³-hybridized carbons (Fsp3) is 0.0714. The molecule has 0 aliphatic rings. The van der Waals surface area contributed by atoms with E-state index in [-0.39, 0.29) is 16.5 Å². The lowest BCUT2D eigenvalue weighted by atomic mass is 10.2. The smallest absolute Gasteiger partial charge is 0.311 e. The number of carbonyl (C=O) groups excluding carboxylic acids is 1. The molecule has 0 amide bonds. The topological polar surface area (TPSA) is 69.4 Å². The summed E-state index contributed by atoms with van der Waals surface area (Å²) in [4.78, 5) is 21.1.